The lowest BCUT2D eigenvalue weighted by Crippen LogP contribution is -2.28. The molecule has 0 spiro atoms. The zero-order chi connectivity index (χ0) is 7.14. The molecule has 0 aromatic heterocycles. The SMILES string of the molecule is O=C1C2CCC1[C@H](Cl)CC2. The Kier molecular flexibility index (Phi) is 1.48. The fourth-order valence-electron chi connectivity index (χ4n) is 2.18. The first kappa shape index (κ1) is 6.66. The lowest BCUT2D eigenvalue weighted by atomic mass is 9.87. The molecule has 1 nitrogen and oxygen atoms in total. The van der Waals surface area contributed by atoms with E-state index in [9.17, 15) is 4.79 Å². The van der Waals surface area contributed by atoms with Crippen molar-refractivity contribution in [1.82, 2.24) is 0 Å². The number of hydrogen-bond donors (Lipinski definition) is 0. The highest BCUT2D eigenvalue weighted by Crippen LogP contribution is 2.41. The lowest BCUT2D eigenvalue weighted by molar-refractivity contribution is -0.125. The lowest BCUT2D eigenvalue weighted by Gasteiger charge is -2.21. The highest BCUT2D eigenvalue weighted by atomic mass is 35.5. The Labute approximate surface area is 65.7 Å². The van der Waals surface area contributed by atoms with E-state index in [1.54, 1.807) is 0 Å². The van der Waals surface area contributed by atoms with E-state index in [-0.39, 0.29) is 11.3 Å². The van der Waals surface area contributed by atoms with Crippen LogP contribution in [-0.2, 0) is 4.79 Å². The first-order valence-corrected chi connectivity index (χ1v) is 4.40. The Morgan fingerprint density at radius 3 is 2.60 bits per heavy atom. The molecule has 0 aromatic rings. The molecule has 0 heterocycles. The van der Waals surface area contributed by atoms with Crippen LogP contribution in [0.5, 0.6) is 0 Å². The number of hydrogen-bond acceptors (Lipinski definition) is 1. The predicted molar refractivity (Wildman–Crippen MR) is 40.1 cm³/mol. The minimum atomic E-state index is 0.159. The summed E-state index contributed by atoms with van der Waals surface area (Å²) in [5, 5.41) is 0.159. The van der Waals surface area contributed by atoms with Crippen LogP contribution in [0, 0.1) is 11.8 Å². The Bertz CT molecular complexity index is 167. The number of ketones is 1. The first-order valence-electron chi connectivity index (χ1n) is 3.97. The average Bonchev–Trinajstić information content (AvgIpc) is 2.13. The molecule has 0 N–H and O–H groups in total. The van der Waals surface area contributed by atoms with Gasteiger partial charge in [0.25, 0.3) is 0 Å². The Balaban J connectivity index is 2.20. The van der Waals surface area contributed by atoms with E-state index in [0.29, 0.717) is 11.7 Å². The monoisotopic (exact) mass is 158 g/mol. The van der Waals surface area contributed by atoms with Crippen LogP contribution in [0.15, 0.2) is 0 Å². The zero-order valence-electron chi connectivity index (χ0n) is 5.85. The second-order valence-electron chi connectivity index (χ2n) is 3.38. The molecule has 0 aliphatic heterocycles. The summed E-state index contributed by atoms with van der Waals surface area (Å²) in [6, 6.07) is 0. The van der Waals surface area contributed by atoms with Crippen LogP contribution in [0.3, 0.4) is 0 Å². The molecule has 0 radical (unpaired) electrons. The van der Waals surface area contributed by atoms with Gasteiger partial charge in [-0.15, -0.1) is 11.6 Å². The van der Waals surface area contributed by atoms with Crippen molar-refractivity contribution in [2.24, 2.45) is 11.8 Å². The van der Waals surface area contributed by atoms with Crippen molar-refractivity contribution in [2.45, 2.75) is 31.1 Å². The van der Waals surface area contributed by atoms with Crippen LogP contribution >= 0.6 is 11.6 Å². The normalized spacial score (nSPS) is 46.1. The third-order valence-electron chi connectivity index (χ3n) is 2.82. The van der Waals surface area contributed by atoms with Gasteiger partial charge in [0.1, 0.15) is 5.78 Å². The smallest absolute Gasteiger partial charge is 0.140 e. The maximum absolute atomic E-state index is 11.3. The van der Waals surface area contributed by atoms with Gasteiger partial charge in [-0.2, -0.15) is 0 Å². The van der Waals surface area contributed by atoms with Crippen molar-refractivity contribution >= 4 is 17.4 Å². The summed E-state index contributed by atoms with van der Waals surface area (Å²) in [6.45, 7) is 0. The molecule has 2 saturated carbocycles. The number of rotatable bonds is 0. The van der Waals surface area contributed by atoms with Crippen molar-refractivity contribution in [1.29, 1.82) is 0 Å². The van der Waals surface area contributed by atoms with Crippen LogP contribution < -0.4 is 0 Å². The first-order chi connectivity index (χ1) is 4.79. The van der Waals surface area contributed by atoms with Gasteiger partial charge in [0.05, 0.1) is 0 Å². The molecule has 0 saturated heterocycles. The van der Waals surface area contributed by atoms with Crippen molar-refractivity contribution in [3.63, 3.8) is 0 Å². The van der Waals surface area contributed by atoms with Crippen molar-refractivity contribution in [3.05, 3.63) is 0 Å². The highest BCUT2D eigenvalue weighted by molar-refractivity contribution is 6.22. The summed E-state index contributed by atoms with van der Waals surface area (Å²) >= 11 is 5.98. The van der Waals surface area contributed by atoms with Crippen LogP contribution in [0.2, 0.25) is 0 Å². The van der Waals surface area contributed by atoms with Gasteiger partial charge in [0.2, 0.25) is 0 Å². The third-order valence-corrected chi connectivity index (χ3v) is 3.34. The molecule has 2 aliphatic carbocycles. The van der Waals surface area contributed by atoms with E-state index in [1.807, 2.05) is 0 Å². The highest BCUT2D eigenvalue weighted by Gasteiger charge is 2.42. The molecule has 2 aliphatic rings. The molecule has 2 fully saturated rings. The fraction of sp³-hybridized carbons (Fsp3) is 0.875. The fourth-order valence-corrected chi connectivity index (χ4v) is 2.55. The van der Waals surface area contributed by atoms with Gasteiger partial charge in [0, 0.05) is 17.2 Å². The molecular weight excluding hydrogens is 148 g/mol. The summed E-state index contributed by atoms with van der Waals surface area (Å²) < 4.78 is 0. The van der Waals surface area contributed by atoms with E-state index in [4.69, 9.17) is 11.6 Å². The molecule has 2 unspecified atom stereocenters. The largest absolute Gasteiger partial charge is 0.299 e. The molecule has 0 amide bonds. The quantitative estimate of drug-likeness (QED) is 0.493. The molecule has 0 aromatic carbocycles. The van der Waals surface area contributed by atoms with E-state index in [2.05, 4.69) is 0 Å². The van der Waals surface area contributed by atoms with Gasteiger partial charge in [-0.1, -0.05) is 0 Å². The number of carbonyl (C=O) groups excluding carboxylic acids is 1. The summed E-state index contributed by atoms with van der Waals surface area (Å²) in [5.41, 5.74) is 0. The van der Waals surface area contributed by atoms with Gasteiger partial charge in [0.15, 0.2) is 0 Å². The van der Waals surface area contributed by atoms with E-state index < -0.39 is 0 Å². The van der Waals surface area contributed by atoms with E-state index in [0.717, 1.165) is 25.7 Å². The van der Waals surface area contributed by atoms with Crippen LogP contribution in [0.4, 0.5) is 0 Å². The second kappa shape index (κ2) is 2.23. The third kappa shape index (κ3) is 0.800. The number of fused-ring (bicyclic) bond motifs is 2. The number of alkyl halides is 1. The Morgan fingerprint density at radius 2 is 1.90 bits per heavy atom. The maximum atomic E-state index is 11.3. The van der Waals surface area contributed by atoms with Crippen LogP contribution in [-0.4, -0.2) is 11.2 Å². The zero-order valence-corrected chi connectivity index (χ0v) is 6.60. The Hall–Kier alpha value is -0.0400. The topological polar surface area (TPSA) is 17.1 Å². The standard InChI is InChI=1S/C8H11ClO/c9-7-4-2-5-1-3-6(7)8(5)10/h5-7H,1-4H2/t5?,6?,7-/m1/s1. The molecule has 56 valence electrons. The summed E-state index contributed by atoms with van der Waals surface area (Å²) in [7, 11) is 0. The maximum Gasteiger partial charge on any atom is 0.140 e. The summed E-state index contributed by atoms with van der Waals surface area (Å²) in [5.74, 6) is 1.06. The van der Waals surface area contributed by atoms with Gasteiger partial charge in [-0.25, -0.2) is 0 Å². The molecule has 2 heteroatoms. The molecular formula is C8H11ClO. The average molecular weight is 159 g/mol. The van der Waals surface area contributed by atoms with Crippen molar-refractivity contribution < 1.29 is 4.79 Å². The van der Waals surface area contributed by atoms with Gasteiger partial charge in [-0.3, -0.25) is 4.79 Å². The summed E-state index contributed by atoms with van der Waals surface area (Å²) in [4.78, 5) is 11.3. The van der Waals surface area contributed by atoms with E-state index >= 15 is 0 Å². The van der Waals surface area contributed by atoms with Gasteiger partial charge >= 0.3 is 0 Å². The summed E-state index contributed by atoms with van der Waals surface area (Å²) in [6.07, 6.45) is 4.26. The van der Waals surface area contributed by atoms with E-state index in [1.165, 1.54) is 0 Å². The number of halogens is 1. The molecule has 2 bridgehead atoms. The molecule has 10 heavy (non-hydrogen) atoms. The Morgan fingerprint density at radius 1 is 1.20 bits per heavy atom. The number of Topliss-reactive ketones (excluding diaryl/α,β-unsaturated/α-hetero) is 1. The molecule has 3 atom stereocenters. The van der Waals surface area contributed by atoms with Crippen molar-refractivity contribution in [3.8, 4) is 0 Å². The van der Waals surface area contributed by atoms with Crippen LogP contribution in [0.1, 0.15) is 25.7 Å². The van der Waals surface area contributed by atoms with Crippen molar-refractivity contribution in [2.75, 3.05) is 0 Å². The van der Waals surface area contributed by atoms with Gasteiger partial charge < -0.3 is 0 Å². The van der Waals surface area contributed by atoms with Gasteiger partial charge in [-0.05, 0) is 25.7 Å². The molecule has 2 rings (SSSR count). The minimum absolute atomic E-state index is 0.159. The van der Waals surface area contributed by atoms with Crippen LogP contribution in [0.25, 0.3) is 0 Å². The number of carbonyl (C=O) groups is 1. The second-order valence-corrected chi connectivity index (χ2v) is 3.94. The predicted octanol–water partition coefficient (Wildman–Crippen LogP) is 1.98. The minimum Gasteiger partial charge on any atom is -0.299 e.